The minimum atomic E-state index is -0.500. The molecular formula is C17H11BrFN5OS. The van der Waals surface area contributed by atoms with Crippen molar-refractivity contribution in [3.63, 3.8) is 0 Å². The van der Waals surface area contributed by atoms with Crippen LogP contribution in [0.3, 0.4) is 0 Å². The summed E-state index contributed by atoms with van der Waals surface area (Å²) in [6.45, 7) is 0. The van der Waals surface area contributed by atoms with Crippen LogP contribution in [-0.2, 0) is 0 Å². The summed E-state index contributed by atoms with van der Waals surface area (Å²) in [4.78, 5) is 26.7. The SMILES string of the molecule is O=c1c2sc3ncnc(NC4CC4)c3c2ncn1-c1ccc(Br)cc1F. The fourth-order valence-electron chi connectivity index (χ4n) is 2.84. The first-order chi connectivity index (χ1) is 12.6. The summed E-state index contributed by atoms with van der Waals surface area (Å²) < 4.78 is 16.6. The van der Waals surface area contributed by atoms with Crippen LogP contribution in [-0.4, -0.2) is 25.6 Å². The van der Waals surface area contributed by atoms with E-state index >= 15 is 0 Å². The molecule has 0 aliphatic heterocycles. The Labute approximate surface area is 158 Å². The lowest BCUT2D eigenvalue weighted by atomic mass is 10.3. The van der Waals surface area contributed by atoms with Gasteiger partial charge in [-0.05, 0) is 31.0 Å². The van der Waals surface area contributed by atoms with Crippen molar-refractivity contribution in [2.75, 3.05) is 5.32 Å². The van der Waals surface area contributed by atoms with Gasteiger partial charge in [-0.15, -0.1) is 11.3 Å². The van der Waals surface area contributed by atoms with Crippen LogP contribution in [0.2, 0.25) is 0 Å². The number of thiophene rings is 1. The first kappa shape index (κ1) is 15.8. The molecule has 0 atom stereocenters. The van der Waals surface area contributed by atoms with E-state index in [9.17, 15) is 9.18 Å². The Balaban J connectivity index is 1.76. The van der Waals surface area contributed by atoms with Crippen LogP contribution >= 0.6 is 27.3 Å². The van der Waals surface area contributed by atoms with Crippen molar-refractivity contribution in [2.24, 2.45) is 0 Å². The first-order valence-corrected chi connectivity index (χ1v) is 9.59. The fraction of sp³-hybridized carbons (Fsp3) is 0.176. The van der Waals surface area contributed by atoms with E-state index in [1.165, 1.54) is 34.6 Å². The van der Waals surface area contributed by atoms with Crippen molar-refractivity contribution in [2.45, 2.75) is 18.9 Å². The molecule has 0 amide bonds. The van der Waals surface area contributed by atoms with Crippen molar-refractivity contribution in [1.29, 1.82) is 0 Å². The Bertz CT molecular complexity index is 1230. The Morgan fingerprint density at radius 2 is 2.12 bits per heavy atom. The molecule has 1 saturated carbocycles. The highest BCUT2D eigenvalue weighted by Gasteiger charge is 2.24. The summed E-state index contributed by atoms with van der Waals surface area (Å²) in [5.74, 6) is 0.197. The summed E-state index contributed by atoms with van der Waals surface area (Å²) in [6, 6.07) is 4.96. The lowest BCUT2D eigenvalue weighted by Gasteiger charge is -2.07. The summed E-state index contributed by atoms with van der Waals surface area (Å²) in [5, 5.41) is 4.11. The van der Waals surface area contributed by atoms with E-state index in [0.29, 0.717) is 31.4 Å². The first-order valence-electron chi connectivity index (χ1n) is 7.98. The van der Waals surface area contributed by atoms with Crippen LogP contribution in [0.25, 0.3) is 26.1 Å². The number of hydrogen-bond acceptors (Lipinski definition) is 6. The van der Waals surface area contributed by atoms with Crippen molar-refractivity contribution in [1.82, 2.24) is 19.5 Å². The summed E-state index contributed by atoms with van der Waals surface area (Å²) in [6.07, 6.45) is 5.06. The fourth-order valence-corrected chi connectivity index (χ4v) is 4.20. The van der Waals surface area contributed by atoms with Gasteiger partial charge >= 0.3 is 0 Å². The molecule has 6 nitrogen and oxygen atoms in total. The lowest BCUT2D eigenvalue weighted by Crippen LogP contribution is -2.18. The molecule has 1 aliphatic rings. The maximum Gasteiger partial charge on any atom is 0.276 e. The highest BCUT2D eigenvalue weighted by Crippen LogP contribution is 2.35. The van der Waals surface area contributed by atoms with Gasteiger partial charge in [0.1, 0.15) is 39.3 Å². The van der Waals surface area contributed by atoms with Gasteiger partial charge in [0.2, 0.25) is 0 Å². The van der Waals surface area contributed by atoms with Crippen LogP contribution in [0, 0.1) is 5.82 Å². The van der Waals surface area contributed by atoms with E-state index in [0.717, 1.165) is 18.2 Å². The number of hydrogen-bond donors (Lipinski definition) is 1. The largest absolute Gasteiger partial charge is 0.367 e. The number of nitrogens with one attached hydrogen (secondary N) is 1. The molecule has 1 aromatic carbocycles. The standard InChI is InChI=1S/C17H11BrFN5OS/c18-8-1-4-11(10(19)5-8)24-7-22-13-12-15(23-9-2-3-9)20-6-21-16(12)26-14(13)17(24)25/h1,4-7,9H,2-3H2,(H,20,21,23). The topological polar surface area (TPSA) is 72.7 Å². The maximum atomic E-state index is 14.3. The summed E-state index contributed by atoms with van der Waals surface area (Å²) in [5.41, 5.74) is 0.386. The van der Waals surface area contributed by atoms with Gasteiger partial charge in [-0.1, -0.05) is 15.9 Å². The van der Waals surface area contributed by atoms with Gasteiger partial charge in [-0.3, -0.25) is 9.36 Å². The third kappa shape index (κ3) is 2.50. The summed E-state index contributed by atoms with van der Waals surface area (Å²) >= 11 is 4.47. The van der Waals surface area contributed by atoms with Gasteiger partial charge in [-0.2, -0.15) is 0 Å². The number of benzene rings is 1. The molecule has 3 aromatic heterocycles. The molecule has 0 bridgehead atoms. The van der Waals surface area contributed by atoms with Crippen LogP contribution in [0.4, 0.5) is 10.2 Å². The van der Waals surface area contributed by atoms with E-state index in [1.54, 1.807) is 12.1 Å². The molecule has 0 spiro atoms. The molecule has 1 fully saturated rings. The molecular weight excluding hydrogens is 421 g/mol. The molecule has 0 unspecified atom stereocenters. The predicted octanol–water partition coefficient (Wildman–Crippen LogP) is 3.87. The predicted molar refractivity (Wildman–Crippen MR) is 103 cm³/mol. The second-order valence-electron chi connectivity index (χ2n) is 6.12. The van der Waals surface area contributed by atoms with Gasteiger partial charge < -0.3 is 5.32 Å². The van der Waals surface area contributed by atoms with Gasteiger partial charge in [0.15, 0.2) is 0 Å². The van der Waals surface area contributed by atoms with Crippen LogP contribution in [0.15, 0.2) is 40.1 Å². The number of fused-ring (bicyclic) bond motifs is 3. The van der Waals surface area contributed by atoms with E-state index in [2.05, 4.69) is 36.2 Å². The minimum Gasteiger partial charge on any atom is -0.367 e. The number of nitrogens with zero attached hydrogens (tertiary/aromatic N) is 4. The highest BCUT2D eigenvalue weighted by molar-refractivity contribution is 9.10. The van der Waals surface area contributed by atoms with Crippen molar-refractivity contribution in [3.8, 4) is 5.69 Å². The number of anilines is 1. The monoisotopic (exact) mass is 431 g/mol. The molecule has 4 aromatic rings. The molecule has 5 rings (SSSR count). The molecule has 3 heterocycles. The highest BCUT2D eigenvalue weighted by atomic mass is 79.9. The Morgan fingerprint density at radius 1 is 1.27 bits per heavy atom. The molecule has 0 saturated heterocycles. The minimum absolute atomic E-state index is 0.160. The molecule has 0 radical (unpaired) electrons. The molecule has 130 valence electrons. The molecule has 1 aliphatic carbocycles. The molecule has 9 heteroatoms. The third-order valence-electron chi connectivity index (χ3n) is 4.27. The van der Waals surface area contributed by atoms with E-state index in [4.69, 9.17) is 0 Å². The van der Waals surface area contributed by atoms with Crippen LogP contribution in [0.1, 0.15) is 12.8 Å². The second-order valence-corrected chi connectivity index (χ2v) is 8.03. The number of rotatable bonds is 3. The lowest BCUT2D eigenvalue weighted by molar-refractivity contribution is 0.615. The average molecular weight is 432 g/mol. The molecule has 1 N–H and O–H groups in total. The zero-order chi connectivity index (χ0) is 17.8. The van der Waals surface area contributed by atoms with Crippen molar-refractivity contribution in [3.05, 3.63) is 51.5 Å². The van der Waals surface area contributed by atoms with Gasteiger partial charge in [0, 0.05) is 10.5 Å². The van der Waals surface area contributed by atoms with Crippen molar-refractivity contribution < 1.29 is 4.39 Å². The maximum absolute atomic E-state index is 14.3. The smallest absolute Gasteiger partial charge is 0.276 e. The van der Waals surface area contributed by atoms with Crippen LogP contribution in [0.5, 0.6) is 0 Å². The second kappa shape index (κ2) is 5.82. The summed E-state index contributed by atoms with van der Waals surface area (Å²) in [7, 11) is 0. The number of halogens is 2. The Hall–Kier alpha value is -2.39. The quantitative estimate of drug-likeness (QED) is 0.532. The van der Waals surface area contributed by atoms with E-state index in [1.807, 2.05) is 0 Å². The Morgan fingerprint density at radius 3 is 2.88 bits per heavy atom. The average Bonchev–Trinajstić information content (AvgIpc) is 3.34. The van der Waals surface area contributed by atoms with Gasteiger partial charge in [-0.25, -0.2) is 19.3 Å². The Kier molecular flexibility index (Phi) is 3.54. The zero-order valence-electron chi connectivity index (χ0n) is 13.2. The van der Waals surface area contributed by atoms with Crippen LogP contribution < -0.4 is 10.9 Å². The van der Waals surface area contributed by atoms with E-state index in [-0.39, 0.29) is 11.2 Å². The van der Waals surface area contributed by atoms with Crippen molar-refractivity contribution >= 4 is 53.5 Å². The molecule has 26 heavy (non-hydrogen) atoms. The normalized spacial score (nSPS) is 14.2. The number of aromatic nitrogens is 4. The van der Waals surface area contributed by atoms with Gasteiger partial charge in [0.05, 0.1) is 11.1 Å². The van der Waals surface area contributed by atoms with Gasteiger partial charge in [0.25, 0.3) is 5.56 Å². The zero-order valence-corrected chi connectivity index (χ0v) is 15.6. The van der Waals surface area contributed by atoms with E-state index < -0.39 is 5.82 Å². The third-order valence-corrected chi connectivity index (χ3v) is 5.83.